The quantitative estimate of drug-likeness (QED) is 0.591. The van der Waals surface area contributed by atoms with E-state index in [1.807, 2.05) is 25.9 Å². The summed E-state index contributed by atoms with van der Waals surface area (Å²) in [5.41, 5.74) is 6.59. The second kappa shape index (κ2) is 8.85. The third-order valence-corrected chi connectivity index (χ3v) is 4.77. The monoisotopic (exact) mass is 419 g/mol. The van der Waals surface area contributed by atoms with Crippen LogP contribution in [0, 0.1) is 17.5 Å². The number of benzene rings is 2. The van der Waals surface area contributed by atoms with Gasteiger partial charge in [-0.3, -0.25) is 4.90 Å². The summed E-state index contributed by atoms with van der Waals surface area (Å²) in [6.45, 7) is 3.68. The molecular formula is C21H24F3N5O. The number of hydrogen-bond donors (Lipinski definition) is 2. The van der Waals surface area contributed by atoms with Crippen LogP contribution in [-0.2, 0) is 6.42 Å². The van der Waals surface area contributed by atoms with Gasteiger partial charge in [0.2, 0.25) is 11.8 Å². The third-order valence-electron chi connectivity index (χ3n) is 4.77. The molecule has 3 aromatic rings. The van der Waals surface area contributed by atoms with Crippen LogP contribution >= 0.6 is 0 Å². The number of halogens is 3. The summed E-state index contributed by atoms with van der Waals surface area (Å²) in [7, 11) is 3.62. The Bertz CT molecular complexity index is 1030. The number of likely N-dealkylation sites (N-methyl/N-ethyl adjacent to an activating group) is 1. The van der Waals surface area contributed by atoms with Crippen molar-refractivity contribution in [3.05, 3.63) is 59.2 Å². The summed E-state index contributed by atoms with van der Waals surface area (Å²) < 4.78 is 48.8. The lowest BCUT2D eigenvalue weighted by atomic mass is 10.1. The van der Waals surface area contributed by atoms with Crippen LogP contribution in [0.15, 0.2) is 34.7 Å². The molecule has 9 heteroatoms. The van der Waals surface area contributed by atoms with Gasteiger partial charge in [0.05, 0.1) is 16.9 Å². The fourth-order valence-corrected chi connectivity index (χ4v) is 3.24. The summed E-state index contributed by atoms with van der Waals surface area (Å²) in [4.78, 5) is 1.82. The van der Waals surface area contributed by atoms with Crippen molar-refractivity contribution in [2.24, 2.45) is 5.73 Å². The van der Waals surface area contributed by atoms with Crippen LogP contribution in [0.2, 0.25) is 0 Å². The molecule has 2 atom stereocenters. The Morgan fingerprint density at radius 2 is 1.83 bits per heavy atom. The molecule has 1 heterocycles. The van der Waals surface area contributed by atoms with Crippen LogP contribution in [0.25, 0.3) is 11.5 Å². The second-order valence-electron chi connectivity index (χ2n) is 7.29. The van der Waals surface area contributed by atoms with Crippen molar-refractivity contribution in [2.45, 2.75) is 32.4 Å². The summed E-state index contributed by atoms with van der Waals surface area (Å²) in [6, 6.07) is 6.08. The molecule has 0 aliphatic carbocycles. The fraction of sp³-hybridized carbons (Fsp3) is 0.333. The molecular weight excluding hydrogens is 395 g/mol. The molecule has 2 unspecified atom stereocenters. The first-order chi connectivity index (χ1) is 14.2. The van der Waals surface area contributed by atoms with Crippen LogP contribution in [0.1, 0.15) is 31.3 Å². The molecule has 0 aliphatic heterocycles. The molecule has 1 aromatic heterocycles. The standard InChI is InChI=1S/C21H24F3N5O/c1-5-12-6-9-16(15(23)10-12)26-18-13(7-8-14(22)17(18)24)20-27-28-21(30-20)19(11(2)25)29(3)4/h6-11,19,26H,5,25H2,1-4H3. The highest BCUT2D eigenvalue weighted by atomic mass is 19.2. The maximum atomic E-state index is 14.7. The van der Waals surface area contributed by atoms with Gasteiger partial charge in [-0.15, -0.1) is 10.2 Å². The number of hydrogen-bond acceptors (Lipinski definition) is 6. The summed E-state index contributed by atoms with van der Waals surface area (Å²) in [5, 5.41) is 10.6. The number of aromatic nitrogens is 2. The van der Waals surface area contributed by atoms with Crippen molar-refractivity contribution in [3.8, 4) is 11.5 Å². The number of anilines is 2. The molecule has 30 heavy (non-hydrogen) atoms. The Balaban J connectivity index is 2.04. The summed E-state index contributed by atoms with van der Waals surface area (Å²) >= 11 is 0. The highest BCUT2D eigenvalue weighted by Crippen LogP contribution is 2.35. The molecule has 0 saturated heterocycles. The Labute approximate surface area is 172 Å². The number of nitrogens with one attached hydrogen (secondary N) is 1. The van der Waals surface area contributed by atoms with Crippen LogP contribution in [0.5, 0.6) is 0 Å². The SMILES string of the molecule is CCc1ccc(Nc2c(-c3nnc(C(C(C)N)N(C)C)o3)ccc(F)c2F)c(F)c1. The first-order valence-corrected chi connectivity index (χ1v) is 9.52. The van der Waals surface area contributed by atoms with E-state index in [0.29, 0.717) is 6.42 Å². The lowest BCUT2D eigenvalue weighted by Gasteiger charge is -2.23. The minimum absolute atomic E-state index is 0.000521. The molecule has 3 N–H and O–H groups in total. The largest absolute Gasteiger partial charge is 0.419 e. The number of nitrogens with two attached hydrogens (primary N) is 1. The van der Waals surface area contributed by atoms with Gasteiger partial charge in [0.1, 0.15) is 11.9 Å². The molecule has 0 radical (unpaired) electrons. The Hall–Kier alpha value is -2.91. The van der Waals surface area contributed by atoms with Gasteiger partial charge in [-0.25, -0.2) is 13.2 Å². The first-order valence-electron chi connectivity index (χ1n) is 9.52. The second-order valence-corrected chi connectivity index (χ2v) is 7.29. The lowest BCUT2D eigenvalue weighted by molar-refractivity contribution is 0.223. The van der Waals surface area contributed by atoms with E-state index < -0.39 is 17.5 Å². The maximum Gasteiger partial charge on any atom is 0.250 e. The maximum absolute atomic E-state index is 14.7. The van der Waals surface area contributed by atoms with Crippen LogP contribution in [-0.4, -0.2) is 35.2 Å². The molecule has 2 aromatic carbocycles. The highest BCUT2D eigenvalue weighted by molar-refractivity contribution is 5.77. The molecule has 0 bridgehead atoms. The fourth-order valence-electron chi connectivity index (χ4n) is 3.24. The summed E-state index contributed by atoms with van der Waals surface area (Å²) in [6.07, 6.45) is 0.647. The Kier molecular flexibility index (Phi) is 6.42. The number of nitrogens with zero attached hydrogens (tertiary/aromatic N) is 3. The van der Waals surface area contributed by atoms with E-state index in [4.69, 9.17) is 10.2 Å². The molecule has 0 saturated carbocycles. The van der Waals surface area contributed by atoms with Gasteiger partial charge >= 0.3 is 0 Å². The Morgan fingerprint density at radius 1 is 1.10 bits per heavy atom. The molecule has 3 rings (SSSR count). The van der Waals surface area contributed by atoms with Gasteiger partial charge in [0, 0.05) is 6.04 Å². The highest BCUT2D eigenvalue weighted by Gasteiger charge is 2.27. The van der Waals surface area contributed by atoms with Crippen LogP contribution < -0.4 is 11.1 Å². The predicted octanol–water partition coefficient (Wildman–Crippen LogP) is 4.41. The zero-order valence-electron chi connectivity index (χ0n) is 17.2. The molecule has 160 valence electrons. The molecule has 0 amide bonds. The number of aryl methyl sites for hydroxylation is 1. The van der Waals surface area contributed by atoms with Crippen molar-refractivity contribution in [1.82, 2.24) is 15.1 Å². The van der Waals surface area contributed by atoms with Crippen molar-refractivity contribution >= 4 is 11.4 Å². The smallest absolute Gasteiger partial charge is 0.250 e. The van der Waals surface area contributed by atoms with E-state index in [1.54, 1.807) is 13.0 Å². The molecule has 0 fully saturated rings. The van der Waals surface area contributed by atoms with E-state index in [-0.39, 0.29) is 40.8 Å². The van der Waals surface area contributed by atoms with Crippen molar-refractivity contribution in [2.75, 3.05) is 19.4 Å². The van der Waals surface area contributed by atoms with Crippen molar-refractivity contribution < 1.29 is 17.6 Å². The minimum atomic E-state index is -1.18. The predicted molar refractivity (Wildman–Crippen MR) is 109 cm³/mol. The molecule has 0 aliphatic rings. The van der Waals surface area contributed by atoms with Gasteiger partial charge in [0.15, 0.2) is 11.6 Å². The van der Waals surface area contributed by atoms with Gasteiger partial charge in [0.25, 0.3) is 0 Å². The van der Waals surface area contributed by atoms with E-state index in [2.05, 4.69) is 15.5 Å². The summed E-state index contributed by atoms with van der Waals surface area (Å²) in [5.74, 6) is -2.65. The van der Waals surface area contributed by atoms with E-state index in [0.717, 1.165) is 11.6 Å². The van der Waals surface area contributed by atoms with E-state index in [9.17, 15) is 13.2 Å². The van der Waals surface area contributed by atoms with Gasteiger partial charge < -0.3 is 15.5 Å². The van der Waals surface area contributed by atoms with Crippen LogP contribution in [0.4, 0.5) is 24.5 Å². The van der Waals surface area contributed by atoms with Gasteiger partial charge in [-0.05, 0) is 57.3 Å². The zero-order chi connectivity index (χ0) is 22.0. The topological polar surface area (TPSA) is 80.2 Å². The zero-order valence-corrected chi connectivity index (χ0v) is 17.2. The molecule has 6 nitrogen and oxygen atoms in total. The van der Waals surface area contributed by atoms with E-state index in [1.165, 1.54) is 18.2 Å². The third kappa shape index (κ3) is 4.31. The van der Waals surface area contributed by atoms with Crippen molar-refractivity contribution in [1.29, 1.82) is 0 Å². The average molecular weight is 419 g/mol. The van der Waals surface area contributed by atoms with Gasteiger partial charge in [-0.2, -0.15) is 0 Å². The molecule has 0 spiro atoms. The average Bonchev–Trinajstić information content (AvgIpc) is 3.15. The van der Waals surface area contributed by atoms with Gasteiger partial charge in [-0.1, -0.05) is 13.0 Å². The Morgan fingerprint density at radius 3 is 2.43 bits per heavy atom. The first kappa shape index (κ1) is 21.8. The van der Waals surface area contributed by atoms with Crippen molar-refractivity contribution in [3.63, 3.8) is 0 Å². The van der Waals surface area contributed by atoms with Crippen LogP contribution in [0.3, 0.4) is 0 Å². The normalized spacial score (nSPS) is 13.5. The lowest BCUT2D eigenvalue weighted by Crippen LogP contribution is -2.35. The minimum Gasteiger partial charge on any atom is -0.419 e. The number of rotatable bonds is 7. The van der Waals surface area contributed by atoms with E-state index >= 15 is 0 Å².